The lowest BCUT2D eigenvalue weighted by atomic mass is 9.97. The molecule has 2 saturated heterocycles. The van der Waals surface area contributed by atoms with Crippen LogP contribution in [0.2, 0.25) is 0 Å². The summed E-state index contributed by atoms with van der Waals surface area (Å²) in [6.45, 7) is -0.920. The minimum Gasteiger partial charge on any atom is -0.404 e. The van der Waals surface area contributed by atoms with Crippen LogP contribution in [0.3, 0.4) is 0 Å². The molecule has 0 aromatic carbocycles. The molecule has 9 N–H and O–H groups in total. The van der Waals surface area contributed by atoms with Crippen molar-refractivity contribution in [3.05, 3.63) is 0 Å². The Balaban J connectivity index is 2.15. The highest BCUT2D eigenvalue weighted by Crippen LogP contribution is 2.31. The molecule has 0 radical (unpaired) electrons. The van der Waals surface area contributed by atoms with Gasteiger partial charge in [0, 0.05) is 0 Å². The molecule has 0 aliphatic carbocycles. The van der Waals surface area contributed by atoms with E-state index in [1.54, 1.807) is 0 Å². The molecule has 6 unspecified atom stereocenters. The highest BCUT2D eigenvalue weighted by atomic mass is 16.9. The summed E-state index contributed by atoms with van der Waals surface area (Å²) < 4.78 is 13.7. The first-order chi connectivity index (χ1) is 11.5. The molecule has 13 nitrogen and oxygen atoms in total. The molecular weight excluding hydrogens is 352 g/mol. The number of aliphatic hydroxyl groups excluding tert-OH is 8. The Labute approximate surface area is 139 Å². The monoisotopic (exact) mass is 372 g/mol. The van der Waals surface area contributed by atoms with Crippen molar-refractivity contribution in [2.45, 2.75) is 61.1 Å². The highest BCUT2D eigenvalue weighted by Gasteiger charge is 2.57. The van der Waals surface area contributed by atoms with E-state index in [9.17, 15) is 45.6 Å². The summed E-state index contributed by atoms with van der Waals surface area (Å²) in [5.41, 5.74) is 0. The lowest BCUT2D eigenvalue weighted by Crippen LogP contribution is -2.68. The van der Waals surface area contributed by atoms with Crippen molar-refractivity contribution in [2.24, 2.45) is 0 Å². The van der Waals surface area contributed by atoms with Crippen LogP contribution in [0.1, 0.15) is 0 Å². The molecule has 2 aliphatic heterocycles. The minimum atomic E-state index is -3.24. The fraction of sp³-hybridized carbons (Fsp3) is 0.917. The van der Waals surface area contributed by atoms with Crippen LogP contribution in [0, 0.1) is 0 Å². The van der Waals surface area contributed by atoms with Crippen molar-refractivity contribution in [1.82, 2.24) is 0 Å². The van der Waals surface area contributed by atoms with Gasteiger partial charge in [-0.05, 0) is 0 Å². The molecular formula is C12H20O13. The predicted octanol–water partition coefficient (Wildman–Crippen LogP) is -6.55. The van der Waals surface area contributed by atoms with Crippen LogP contribution >= 0.6 is 0 Å². The van der Waals surface area contributed by atoms with Crippen LogP contribution in [-0.4, -0.2) is 120 Å². The summed E-state index contributed by atoms with van der Waals surface area (Å²) in [7, 11) is 0. The number of ether oxygens (including phenoxy) is 3. The Morgan fingerprint density at radius 2 is 1.52 bits per heavy atom. The average molecular weight is 372 g/mol. The number of carbonyl (C=O) groups is 1. The van der Waals surface area contributed by atoms with Gasteiger partial charge in [-0.25, -0.2) is 4.79 Å². The summed E-state index contributed by atoms with van der Waals surface area (Å²) in [4.78, 5) is 12.0. The first-order valence-corrected chi connectivity index (χ1v) is 7.19. The van der Waals surface area contributed by atoms with Crippen LogP contribution in [0.15, 0.2) is 0 Å². The molecule has 25 heavy (non-hydrogen) atoms. The van der Waals surface area contributed by atoms with Gasteiger partial charge in [-0.2, -0.15) is 0 Å². The van der Waals surface area contributed by atoms with E-state index in [1.807, 2.05) is 0 Å². The van der Waals surface area contributed by atoms with Crippen LogP contribution < -0.4 is 0 Å². The van der Waals surface area contributed by atoms with Gasteiger partial charge in [0.15, 0.2) is 18.5 Å². The molecule has 0 aromatic heterocycles. The zero-order valence-corrected chi connectivity index (χ0v) is 12.6. The maximum absolute atomic E-state index is 12.0. The topological polar surface area (TPSA) is 227 Å². The maximum atomic E-state index is 12.0. The highest BCUT2D eigenvalue weighted by molar-refractivity contribution is 5.76. The third-order valence-electron chi connectivity index (χ3n) is 4.00. The minimum absolute atomic E-state index is 0.920. The standard InChI is InChI=1S/C12H20O13/c13-1-2-3(14)6(17)9(19)12(22,24-2)25-11(21)8-5(16)4(15)7(18)10(20)23-8/h2-10,13-20,22H,1H2/t2-,3-,4?,5?,6+,7?,8?,9-,10?,12?/m1/s1. The number of aliphatic hydroxyl groups is 9. The molecule has 2 fully saturated rings. The second-order valence-corrected chi connectivity index (χ2v) is 5.74. The second-order valence-electron chi connectivity index (χ2n) is 5.74. The van der Waals surface area contributed by atoms with E-state index in [1.165, 1.54) is 0 Å². The molecule has 2 rings (SSSR count). The summed E-state index contributed by atoms with van der Waals surface area (Å²) >= 11 is 0. The number of hydrogen-bond donors (Lipinski definition) is 9. The van der Waals surface area contributed by atoms with Gasteiger partial charge in [0.25, 0.3) is 0 Å². The third-order valence-corrected chi connectivity index (χ3v) is 4.00. The van der Waals surface area contributed by atoms with Crippen LogP contribution in [0.5, 0.6) is 0 Å². The molecule has 0 aromatic rings. The van der Waals surface area contributed by atoms with Crippen molar-refractivity contribution in [3.63, 3.8) is 0 Å². The second kappa shape index (κ2) is 7.34. The first-order valence-electron chi connectivity index (χ1n) is 7.19. The predicted molar refractivity (Wildman–Crippen MR) is 69.9 cm³/mol. The summed E-state index contributed by atoms with van der Waals surface area (Å²) in [6, 6.07) is 0. The molecule has 13 heteroatoms. The molecule has 0 saturated carbocycles. The van der Waals surface area contributed by atoms with Crippen molar-refractivity contribution >= 4 is 5.97 Å². The van der Waals surface area contributed by atoms with Gasteiger partial charge >= 0.3 is 11.9 Å². The Morgan fingerprint density at radius 3 is 2.08 bits per heavy atom. The zero-order valence-electron chi connectivity index (χ0n) is 12.6. The van der Waals surface area contributed by atoms with Crippen molar-refractivity contribution < 1.29 is 65.0 Å². The molecule has 0 spiro atoms. The molecule has 0 bridgehead atoms. The third kappa shape index (κ3) is 3.62. The summed E-state index contributed by atoms with van der Waals surface area (Å²) in [5, 5.41) is 86.0. The number of carbonyl (C=O) groups excluding carboxylic acids is 1. The van der Waals surface area contributed by atoms with E-state index in [-0.39, 0.29) is 0 Å². The largest absolute Gasteiger partial charge is 0.404 e. The van der Waals surface area contributed by atoms with Gasteiger partial charge in [-0.15, -0.1) is 0 Å². The van der Waals surface area contributed by atoms with Gasteiger partial charge in [-0.1, -0.05) is 0 Å². The van der Waals surface area contributed by atoms with E-state index in [2.05, 4.69) is 14.2 Å². The average Bonchev–Trinajstić information content (AvgIpc) is 2.57. The molecule has 2 aliphatic rings. The normalized spacial score (nSPS) is 51.2. The quantitative estimate of drug-likeness (QED) is 0.166. The first kappa shape index (κ1) is 20.3. The fourth-order valence-corrected chi connectivity index (χ4v) is 2.47. The van der Waals surface area contributed by atoms with Gasteiger partial charge in [0.1, 0.15) is 36.6 Å². The Morgan fingerprint density at radius 1 is 0.920 bits per heavy atom. The maximum Gasteiger partial charge on any atom is 0.357 e. The van der Waals surface area contributed by atoms with E-state index in [0.717, 1.165) is 0 Å². The summed E-state index contributed by atoms with van der Waals surface area (Å²) in [5.74, 6) is -4.88. The van der Waals surface area contributed by atoms with Crippen molar-refractivity contribution in [3.8, 4) is 0 Å². The van der Waals surface area contributed by atoms with Crippen molar-refractivity contribution in [1.29, 1.82) is 0 Å². The van der Waals surface area contributed by atoms with Crippen LogP contribution in [-0.2, 0) is 19.0 Å². The summed E-state index contributed by atoms with van der Waals surface area (Å²) in [6.07, 6.45) is -18.0. The zero-order chi connectivity index (χ0) is 19.1. The van der Waals surface area contributed by atoms with E-state index < -0.39 is 73.7 Å². The Bertz CT molecular complexity index is 486. The Kier molecular flexibility index (Phi) is 5.97. The van der Waals surface area contributed by atoms with Gasteiger partial charge in [0.05, 0.1) is 6.61 Å². The van der Waals surface area contributed by atoms with Gasteiger partial charge in [-0.3, -0.25) is 0 Å². The van der Waals surface area contributed by atoms with Gasteiger partial charge < -0.3 is 60.2 Å². The number of rotatable bonds is 3. The molecule has 0 amide bonds. The van der Waals surface area contributed by atoms with E-state index in [0.29, 0.717) is 0 Å². The van der Waals surface area contributed by atoms with Crippen LogP contribution in [0.25, 0.3) is 0 Å². The molecule has 10 atom stereocenters. The lowest BCUT2D eigenvalue weighted by Gasteiger charge is -2.44. The number of hydrogen-bond acceptors (Lipinski definition) is 13. The smallest absolute Gasteiger partial charge is 0.357 e. The molecule has 2 heterocycles. The number of esters is 1. The molecule has 146 valence electrons. The SMILES string of the molecule is O=C(OC1(O)O[C@H](CO)[C@@H](O)[C@H](O)[C@H]1O)C1OC(O)C(O)C(O)C1O. The van der Waals surface area contributed by atoms with Gasteiger partial charge in [0.2, 0.25) is 0 Å². The van der Waals surface area contributed by atoms with E-state index >= 15 is 0 Å². The van der Waals surface area contributed by atoms with Crippen LogP contribution in [0.4, 0.5) is 0 Å². The van der Waals surface area contributed by atoms with E-state index in [4.69, 9.17) is 5.11 Å². The Hall–Kier alpha value is -0.970. The fourth-order valence-electron chi connectivity index (χ4n) is 2.47. The van der Waals surface area contributed by atoms with Crippen molar-refractivity contribution in [2.75, 3.05) is 6.61 Å². The lowest BCUT2D eigenvalue weighted by molar-refractivity contribution is -0.437.